The summed E-state index contributed by atoms with van der Waals surface area (Å²) in [7, 11) is 0. The molecule has 0 unspecified atom stereocenters. The van der Waals surface area contributed by atoms with Crippen LogP contribution in [0.5, 0.6) is 0 Å². The molecule has 9 aromatic rings. The van der Waals surface area contributed by atoms with Crippen LogP contribution < -0.4 is 31.9 Å². The fourth-order valence-corrected chi connectivity index (χ4v) is 8.13. The molecule has 9 heterocycles. The van der Waals surface area contributed by atoms with Gasteiger partial charge < -0.3 is 46.9 Å². The van der Waals surface area contributed by atoms with Gasteiger partial charge in [0.25, 0.3) is 6.43 Å². The number of hydrogen-bond acceptors (Lipinski definition) is 15. The standard InChI is InChI=1S/C18H18ClF3N6O.C17H17ClF2N6O.C17H19ClN6O.8H2/c1-3-17(2,16(29)26-9-18(20,21)22)28-13-4-5-23-15(27-13)12-8-25-14-11(12)6-10(19)7-24-14;1-17(2,16(27)24-8-12(19)20)26-13-3-4-21-15(25-13)11-7-23-14-10(11)5-9(18)6-22-14;1-4-19-16(25)17(2,3)24-13-5-6-20-15(23-13)12-9-22-14-11(12)7-10(18)8-21-14;;;;;;;;/h4-8H,3,9H2,1-2H3,(H,24,25)(H,26,29)(H,23,27,28);3-7,12H,8H2,1-2H3,(H,22,23)(H,24,27)(H,21,25,26);5-9H,4H2,1-3H3,(H,19,25)(H,21,22)(H,20,23,24);8*1H/t17-;;;;;;;;;;/m0........../s1. The SMILES string of the molecule is CC(C)(Nc1ccnc(-c2c[nH]c3ncc(Cl)cc23)n1)C(=O)NCC(F)F.CCNC(=O)C(C)(C)Nc1ccnc(-c2c[nH]c3ncc(Cl)cc23)n1.CC[C@](C)(Nc1ccnc(-c2c[nH]c3ncc(Cl)cc23)n1)C(=O)NCC(F)(F)F.[HH].[HH].[HH].[HH].[HH].[HH].[HH].[HH]. The van der Waals surface area contributed by atoms with Crippen LogP contribution in [0, 0.1) is 0 Å². The molecule has 0 saturated heterocycles. The van der Waals surface area contributed by atoms with Gasteiger partial charge >= 0.3 is 6.18 Å². The second-order valence-electron chi connectivity index (χ2n) is 19.1. The first kappa shape index (κ1) is 60.3. The van der Waals surface area contributed by atoms with Crippen molar-refractivity contribution in [1.29, 1.82) is 0 Å². The summed E-state index contributed by atoms with van der Waals surface area (Å²) in [5, 5.41) is 19.7. The van der Waals surface area contributed by atoms with Crippen molar-refractivity contribution in [3.8, 4) is 34.2 Å². The number of pyridine rings is 3. The van der Waals surface area contributed by atoms with E-state index in [0.717, 1.165) is 21.7 Å². The molecular formula is C52H70Cl3F5N18O3. The Bertz CT molecular complexity index is 3730. The van der Waals surface area contributed by atoms with Crippen molar-refractivity contribution in [2.45, 2.75) is 84.1 Å². The lowest BCUT2D eigenvalue weighted by Crippen LogP contribution is -2.52. The quantitative estimate of drug-likeness (QED) is 0.0383. The molecule has 3 amide bonds. The molecule has 1 atom stereocenters. The van der Waals surface area contributed by atoms with Gasteiger partial charge in [0.05, 0.1) is 21.6 Å². The lowest BCUT2D eigenvalue weighted by molar-refractivity contribution is -0.140. The number of nitrogens with zero attached hydrogens (tertiary/aromatic N) is 9. The average molecular weight is 1200 g/mol. The Labute approximate surface area is 486 Å². The Morgan fingerprint density at radius 3 is 1.27 bits per heavy atom. The van der Waals surface area contributed by atoms with Crippen LogP contribution >= 0.6 is 34.8 Å². The minimum atomic E-state index is -4.49. The van der Waals surface area contributed by atoms with Crippen molar-refractivity contribution in [2.75, 3.05) is 35.6 Å². The topological polar surface area (TPSA) is 287 Å². The molecule has 29 heteroatoms. The van der Waals surface area contributed by atoms with Gasteiger partial charge in [-0.1, -0.05) is 41.7 Å². The number of nitrogens with one attached hydrogen (secondary N) is 9. The summed E-state index contributed by atoms with van der Waals surface area (Å²) in [4.78, 5) is 84.5. The van der Waals surface area contributed by atoms with Crippen LogP contribution in [0.1, 0.15) is 66.3 Å². The van der Waals surface area contributed by atoms with Gasteiger partial charge in [0.2, 0.25) is 17.7 Å². The maximum atomic E-state index is 12.4. The lowest BCUT2D eigenvalue weighted by atomic mass is 9.97. The lowest BCUT2D eigenvalue weighted by Gasteiger charge is -2.29. The first-order chi connectivity index (χ1) is 38.3. The summed E-state index contributed by atoms with van der Waals surface area (Å²) in [6, 6.07) is 10.1. The zero-order chi connectivity index (χ0) is 58.9. The zero-order valence-electron chi connectivity index (χ0n) is 44.3. The Hall–Kier alpha value is -8.36. The van der Waals surface area contributed by atoms with E-state index in [-0.39, 0.29) is 23.7 Å². The fraction of sp³-hybridized carbons (Fsp3) is 0.308. The van der Waals surface area contributed by atoms with E-state index in [1.807, 2.05) is 18.3 Å². The van der Waals surface area contributed by atoms with Crippen LogP contribution in [0.4, 0.5) is 39.4 Å². The number of aromatic nitrogens is 12. The molecule has 9 N–H and O–H groups in total. The number of anilines is 3. The van der Waals surface area contributed by atoms with E-state index >= 15 is 0 Å². The van der Waals surface area contributed by atoms with Crippen molar-refractivity contribution in [3.63, 3.8) is 0 Å². The van der Waals surface area contributed by atoms with Crippen molar-refractivity contribution in [3.05, 3.63) is 107 Å². The molecular weight excluding hydrogens is 1130 g/mol. The molecule has 0 aliphatic rings. The highest BCUT2D eigenvalue weighted by Crippen LogP contribution is 2.31. The van der Waals surface area contributed by atoms with Gasteiger partial charge in [0.15, 0.2) is 17.5 Å². The smallest absolute Gasteiger partial charge is 0.356 e. The average Bonchev–Trinajstić information content (AvgIpc) is 4.34. The van der Waals surface area contributed by atoms with Gasteiger partial charge in [0, 0.05) is 107 Å². The molecule has 0 aliphatic carbocycles. The Morgan fingerprint density at radius 1 is 0.556 bits per heavy atom. The molecule has 0 aromatic carbocycles. The number of carbonyl (C=O) groups is 3. The summed E-state index contributed by atoms with van der Waals surface area (Å²) >= 11 is 18.1. The summed E-state index contributed by atoms with van der Waals surface area (Å²) in [6.45, 7) is 10.3. The monoisotopic (exact) mass is 1190 g/mol. The Balaban J connectivity index is 0. The summed E-state index contributed by atoms with van der Waals surface area (Å²) in [5.74, 6) is 1.06. The highest BCUT2D eigenvalue weighted by molar-refractivity contribution is 6.32. The van der Waals surface area contributed by atoms with Crippen molar-refractivity contribution < 1.29 is 47.7 Å². The van der Waals surface area contributed by atoms with Crippen LogP contribution in [-0.4, -0.2) is 126 Å². The molecule has 81 heavy (non-hydrogen) atoms. The van der Waals surface area contributed by atoms with Crippen LogP contribution in [-0.2, 0) is 14.4 Å². The Kier molecular flexibility index (Phi) is 18.9. The number of alkyl halides is 5. The Morgan fingerprint density at radius 2 is 0.926 bits per heavy atom. The summed E-state index contributed by atoms with van der Waals surface area (Å²) in [6.07, 6.45) is 7.63. The van der Waals surface area contributed by atoms with Gasteiger partial charge in [-0.05, 0) is 84.4 Å². The summed E-state index contributed by atoms with van der Waals surface area (Å²) in [5.41, 5.74) is 0.870. The number of halogens is 8. The van der Waals surface area contributed by atoms with Gasteiger partial charge in [-0.25, -0.2) is 53.6 Å². The zero-order valence-corrected chi connectivity index (χ0v) is 46.6. The van der Waals surface area contributed by atoms with Crippen LogP contribution in [0.25, 0.3) is 67.3 Å². The third-order valence-electron chi connectivity index (χ3n) is 12.0. The molecule has 0 aliphatic heterocycles. The minimum absolute atomic E-state index is 0. The van der Waals surface area contributed by atoms with Gasteiger partial charge in [-0.3, -0.25) is 14.4 Å². The number of fused-ring (bicyclic) bond motifs is 3. The molecule has 0 bridgehead atoms. The van der Waals surface area contributed by atoms with Crippen molar-refractivity contribution in [2.24, 2.45) is 0 Å². The van der Waals surface area contributed by atoms with Gasteiger partial charge in [-0.15, -0.1) is 0 Å². The number of hydrogen-bond donors (Lipinski definition) is 9. The number of rotatable bonds is 17. The van der Waals surface area contributed by atoms with Crippen LogP contribution in [0.2, 0.25) is 15.1 Å². The van der Waals surface area contributed by atoms with Crippen molar-refractivity contribution >= 4 is 103 Å². The molecule has 0 fully saturated rings. The number of aromatic amines is 3. The van der Waals surface area contributed by atoms with E-state index in [9.17, 15) is 36.3 Å². The van der Waals surface area contributed by atoms with Gasteiger partial charge in [-0.2, -0.15) is 13.2 Å². The highest BCUT2D eigenvalue weighted by atomic mass is 35.5. The third kappa shape index (κ3) is 15.5. The van der Waals surface area contributed by atoms with E-state index in [4.69, 9.17) is 34.8 Å². The predicted octanol–water partition coefficient (Wildman–Crippen LogP) is 12.1. The van der Waals surface area contributed by atoms with Crippen LogP contribution in [0.15, 0.2) is 92.2 Å². The van der Waals surface area contributed by atoms with E-state index in [1.54, 1.807) is 89.9 Å². The molecule has 0 saturated carbocycles. The summed E-state index contributed by atoms with van der Waals surface area (Å²) < 4.78 is 61.9. The first-order valence-electron chi connectivity index (χ1n) is 24.7. The van der Waals surface area contributed by atoms with E-state index in [0.29, 0.717) is 84.6 Å². The highest BCUT2D eigenvalue weighted by Gasteiger charge is 2.36. The normalized spacial score (nSPS) is 12.4. The fourth-order valence-electron chi connectivity index (χ4n) is 7.65. The molecule has 9 aromatic heterocycles. The predicted molar refractivity (Wildman–Crippen MR) is 318 cm³/mol. The minimum Gasteiger partial charge on any atom is -0.356 e. The molecule has 442 valence electrons. The third-order valence-corrected chi connectivity index (χ3v) is 12.6. The number of H-pyrrole nitrogens is 3. The second kappa shape index (κ2) is 25.4. The number of carbonyl (C=O) groups excluding carboxylic acids is 3. The number of likely N-dealkylation sites (N-methyl/N-ethyl adjacent to an activating group) is 1. The molecule has 0 spiro atoms. The van der Waals surface area contributed by atoms with Crippen molar-refractivity contribution in [1.82, 2.24) is 75.8 Å². The second-order valence-corrected chi connectivity index (χ2v) is 20.4. The maximum Gasteiger partial charge on any atom is 0.405 e. The van der Waals surface area contributed by atoms with E-state index in [1.165, 1.54) is 37.8 Å². The number of amides is 3. The largest absolute Gasteiger partial charge is 0.405 e. The molecule has 21 nitrogen and oxygen atoms in total. The molecule has 9 rings (SSSR count). The van der Waals surface area contributed by atoms with Crippen LogP contribution in [0.3, 0.4) is 0 Å². The van der Waals surface area contributed by atoms with E-state index < -0.39 is 54.1 Å². The molecule has 0 radical (unpaired) electrons. The van der Waals surface area contributed by atoms with E-state index in [2.05, 4.69) is 86.4 Å². The maximum absolute atomic E-state index is 12.4. The first-order valence-corrected chi connectivity index (χ1v) is 25.8. The van der Waals surface area contributed by atoms with Gasteiger partial charge in [0.1, 0.15) is 57.6 Å².